The summed E-state index contributed by atoms with van der Waals surface area (Å²) < 4.78 is 16.7. The van der Waals surface area contributed by atoms with Crippen LogP contribution in [-0.4, -0.2) is 65.4 Å². The molecule has 0 radical (unpaired) electrons. The molecule has 168 valence electrons. The fourth-order valence-corrected chi connectivity index (χ4v) is 4.45. The first-order valence-electron chi connectivity index (χ1n) is 11.4. The molecule has 0 saturated carbocycles. The van der Waals surface area contributed by atoms with Crippen molar-refractivity contribution in [3.63, 3.8) is 0 Å². The van der Waals surface area contributed by atoms with E-state index in [9.17, 15) is 4.79 Å². The Morgan fingerprint density at radius 2 is 2.03 bits per heavy atom. The Balaban J connectivity index is 1.14. The van der Waals surface area contributed by atoms with E-state index in [0.717, 1.165) is 49.9 Å². The summed E-state index contributed by atoms with van der Waals surface area (Å²) in [6.07, 6.45) is 5.26. The topological polar surface area (TPSA) is 90.6 Å². The minimum absolute atomic E-state index is 0.0504. The standard InChI is InChI=1S/C24H28N4O4/c29-24(22-20-4-2-1-3-18(20)5-10-25-22)28-11-6-19(15-28)23-26-21(27-32-23)9-14-31-16-17-7-12-30-13-8-17/h1-5,10,17,19H,6-9,11-16H2. The maximum absolute atomic E-state index is 13.1. The molecule has 1 aromatic carbocycles. The maximum atomic E-state index is 13.1. The van der Waals surface area contributed by atoms with Crippen LogP contribution in [0.15, 0.2) is 41.1 Å². The molecule has 2 aromatic heterocycles. The fraction of sp³-hybridized carbons (Fsp3) is 0.500. The molecular weight excluding hydrogens is 408 g/mol. The Hall–Kier alpha value is -2.84. The zero-order valence-corrected chi connectivity index (χ0v) is 18.1. The van der Waals surface area contributed by atoms with Gasteiger partial charge in [0.1, 0.15) is 5.69 Å². The maximum Gasteiger partial charge on any atom is 0.273 e. The van der Waals surface area contributed by atoms with Crippen molar-refractivity contribution >= 4 is 16.7 Å². The lowest BCUT2D eigenvalue weighted by Gasteiger charge is -2.21. The van der Waals surface area contributed by atoms with E-state index >= 15 is 0 Å². The second kappa shape index (κ2) is 9.75. The van der Waals surface area contributed by atoms with Crippen molar-refractivity contribution < 1.29 is 18.8 Å². The van der Waals surface area contributed by atoms with Gasteiger partial charge < -0.3 is 18.9 Å². The number of pyridine rings is 1. The lowest BCUT2D eigenvalue weighted by atomic mass is 10.0. The molecule has 5 rings (SSSR count). The van der Waals surface area contributed by atoms with Gasteiger partial charge in [0.2, 0.25) is 5.89 Å². The van der Waals surface area contributed by atoms with Crippen LogP contribution in [0.5, 0.6) is 0 Å². The predicted molar refractivity (Wildman–Crippen MR) is 117 cm³/mol. The van der Waals surface area contributed by atoms with Gasteiger partial charge in [0.05, 0.1) is 12.5 Å². The van der Waals surface area contributed by atoms with Gasteiger partial charge in [-0.15, -0.1) is 0 Å². The van der Waals surface area contributed by atoms with E-state index in [1.807, 2.05) is 35.2 Å². The molecule has 2 saturated heterocycles. The summed E-state index contributed by atoms with van der Waals surface area (Å²) in [6, 6.07) is 9.75. The molecule has 32 heavy (non-hydrogen) atoms. The Bertz CT molecular complexity index is 1060. The number of amides is 1. The molecule has 1 amide bonds. The van der Waals surface area contributed by atoms with E-state index in [1.165, 1.54) is 0 Å². The summed E-state index contributed by atoms with van der Waals surface area (Å²) >= 11 is 0. The van der Waals surface area contributed by atoms with Gasteiger partial charge in [0.25, 0.3) is 5.91 Å². The highest BCUT2D eigenvalue weighted by molar-refractivity contribution is 6.05. The highest BCUT2D eigenvalue weighted by Crippen LogP contribution is 2.28. The summed E-state index contributed by atoms with van der Waals surface area (Å²) in [4.78, 5) is 23.9. The van der Waals surface area contributed by atoms with E-state index in [4.69, 9.17) is 14.0 Å². The first kappa shape index (κ1) is 21.0. The van der Waals surface area contributed by atoms with Crippen molar-refractivity contribution in [2.45, 2.75) is 31.6 Å². The third-order valence-electron chi connectivity index (χ3n) is 6.35. The van der Waals surface area contributed by atoms with Crippen molar-refractivity contribution in [2.75, 3.05) is 39.5 Å². The SMILES string of the molecule is O=C(c1nccc2ccccc12)N1CCC(c2nc(CCOCC3CCOCC3)no2)C1. The normalized spacial score (nSPS) is 19.6. The zero-order valence-electron chi connectivity index (χ0n) is 18.1. The van der Waals surface area contributed by atoms with Crippen LogP contribution < -0.4 is 0 Å². The zero-order chi connectivity index (χ0) is 21.8. The molecule has 0 N–H and O–H groups in total. The van der Waals surface area contributed by atoms with Gasteiger partial charge in [-0.05, 0) is 36.6 Å². The summed E-state index contributed by atoms with van der Waals surface area (Å²) in [5.41, 5.74) is 0.497. The van der Waals surface area contributed by atoms with Gasteiger partial charge in [-0.25, -0.2) is 0 Å². The van der Waals surface area contributed by atoms with E-state index in [2.05, 4.69) is 15.1 Å². The molecule has 4 heterocycles. The Morgan fingerprint density at radius 1 is 1.16 bits per heavy atom. The minimum atomic E-state index is -0.0504. The molecule has 8 nitrogen and oxygen atoms in total. The van der Waals surface area contributed by atoms with E-state index in [0.29, 0.717) is 49.4 Å². The van der Waals surface area contributed by atoms with Crippen LogP contribution in [0.1, 0.15) is 47.4 Å². The number of carbonyl (C=O) groups is 1. The quantitative estimate of drug-likeness (QED) is 0.525. The summed E-state index contributed by atoms with van der Waals surface area (Å²) in [6.45, 7) is 4.22. The fourth-order valence-electron chi connectivity index (χ4n) is 4.45. The van der Waals surface area contributed by atoms with Crippen molar-refractivity contribution in [1.82, 2.24) is 20.0 Å². The van der Waals surface area contributed by atoms with Gasteiger partial charge >= 0.3 is 0 Å². The van der Waals surface area contributed by atoms with Crippen LogP contribution in [0.3, 0.4) is 0 Å². The predicted octanol–water partition coefficient (Wildman–Crippen LogP) is 3.23. The average molecular weight is 437 g/mol. The molecule has 1 unspecified atom stereocenters. The number of benzene rings is 1. The van der Waals surface area contributed by atoms with Crippen molar-refractivity contribution in [3.8, 4) is 0 Å². The molecule has 0 aliphatic carbocycles. The third kappa shape index (κ3) is 4.66. The smallest absolute Gasteiger partial charge is 0.273 e. The van der Waals surface area contributed by atoms with E-state index in [1.54, 1.807) is 6.20 Å². The summed E-state index contributed by atoms with van der Waals surface area (Å²) in [5.74, 6) is 1.85. The van der Waals surface area contributed by atoms with Crippen LogP contribution in [0.2, 0.25) is 0 Å². The summed E-state index contributed by atoms with van der Waals surface area (Å²) in [5, 5.41) is 6.01. The molecule has 1 atom stereocenters. The highest BCUT2D eigenvalue weighted by Gasteiger charge is 2.32. The molecule has 0 spiro atoms. The molecule has 2 aliphatic rings. The Morgan fingerprint density at radius 3 is 2.94 bits per heavy atom. The number of likely N-dealkylation sites (tertiary alicyclic amines) is 1. The average Bonchev–Trinajstić information content (AvgIpc) is 3.52. The van der Waals surface area contributed by atoms with E-state index < -0.39 is 0 Å². The first-order valence-corrected chi connectivity index (χ1v) is 11.4. The Labute approximate surface area is 186 Å². The van der Waals surface area contributed by atoms with Gasteiger partial charge in [-0.1, -0.05) is 29.4 Å². The van der Waals surface area contributed by atoms with E-state index in [-0.39, 0.29) is 11.8 Å². The molecule has 3 aromatic rings. The van der Waals surface area contributed by atoms with Crippen molar-refractivity contribution in [3.05, 3.63) is 53.9 Å². The van der Waals surface area contributed by atoms with Crippen LogP contribution in [-0.2, 0) is 15.9 Å². The molecule has 2 aliphatic heterocycles. The van der Waals surface area contributed by atoms with Gasteiger partial charge in [-0.3, -0.25) is 9.78 Å². The number of rotatable bonds is 7. The lowest BCUT2D eigenvalue weighted by Crippen LogP contribution is -2.29. The second-order valence-corrected chi connectivity index (χ2v) is 8.55. The number of ether oxygens (including phenoxy) is 2. The van der Waals surface area contributed by atoms with Crippen LogP contribution in [0.4, 0.5) is 0 Å². The number of aromatic nitrogens is 3. The lowest BCUT2D eigenvalue weighted by molar-refractivity contribution is 0.0211. The molecule has 8 heteroatoms. The van der Waals surface area contributed by atoms with Crippen LogP contribution in [0.25, 0.3) is 10.8 Å². The number of hydrogen-bond donors (Lipinski definition) is 0. The first-order chi connectivity index (χ1) is 15.8. The van der Waals surface area contributed by atoms with Crippen molar-refractivity contribution in [1.29, 1.82) is 0 Å². The second-order valence-electron chi connectivity index (χ2n) is 8.55. The number of nitrogens with zero attached hydrogens (tertiary/aromatic N) is 4. The number of carbonyl (C=O) groups excluding carboxylic acids is 1. The minimum Gasteiger partial charge on any atom is -0.381 e. The van der Waals surface area contributed by atoms with Gasteiger partial charge in [0, 0.05) is 50.9 Å². The monoisotopic (exact) mass is 436 g/mol. The van der Waals surface area contributed by atoms with Gasteiger partial charge in [0.15, 0.2) is 5.82 Å². The summed E-state index contributed by atoms with van der Waals surface area (Å²) in [7, 11) is 0. The molecular formula is C24H28N4O4. The molecule has 0 bridgehead atoms. The third-order valence-corrected chi connectivity index (χ3v) is 6.35. The molecule has 2 fully saturated rings. The van der Waals surface area contributed by atoms with Crippen LogP contribution >= 0.6 is 0 Å². The van der Waals surface area contributed by atoms with Gasteiger partial charge in [-0.2, -0.15) is 4.98 Å². The largest absolute Gasteiger partial charge is 0.381 e. The Kier molecular flexibility index (Phi) is 6.41. The van der Waals surface area contributed by atoms with Crippen molar-refractivity contribution in [2.24, 2.45) is 5.92 Å². The highest BCUT2D eigenvalue weighted by atomic mass is 16.5. The number of fused-ring (bicyclic) bond motifs is 1. The number of hydrogen-bond acceptors (Lipinski definition) is 7. The van der Waals surface area contributed by atoms with Crippen LogP contribution in [0, 0.1) is 5.92 Å².